The molecule has 0 bridgehead atoms. The van der Waals surface area contributed by atoms with Gasteiger partial charge in [-0.3, -0.25) is 0 Å². The van der Waals surface area contributed by atoms with E-state index in [4.69, 9.17) is 4.52 Å². The van der Waals surface area contributed by atoms with E-state index in [1.165, 1.54) is 5.56 Å². The summed E-state index contributed by atoms with van der Waals surface area (Å²) in [6, 6.07) is 10.4. The fraction of sp³-hybridized carbons (Fsp3) is 0.529. The molecule has 1 aliphatic carbocycles. The van der Waals surface area contributed by atoms with Crippen molar-refractivity contribution in [1.82, 2.24) is 10.1 Å². The number of hydrogen-bond acceptors (Lipinski definition) is 4. The van der Waals surface area contributed by atoms with E-state index in [9.17, 15) is 5.11 Å². The van der Waals surface area contributed by atoms with Gasteiger partial charge in [0.25, 0.3) is 0 Å². The summed E-state index contributed by atoms with van der Waals surface area (Å²) >= 11 is 0. The van der Waals surface area contributed by atoms with E-state index in [0.717, 1.165) is 31.5 Å². The Morgan fingerprint density at radius 2 is 1.86 bits per heavy atom. The van der Waals surface area contributed by atoms with Crippen LogP contribution in [0.1, 0.15) is 62.7 Å². The molecule has 0 aliphatic heterocycles. The maximum atomic E-state index is 9.43. The second kappa shape index (κ2) is 5.60. The smallest absolute Gasteiger partial charge is 0.229 e. The van der Waals surface area contributed by atoms with Crippen molar-refractivity contribution >= 4 is 0 Å². The van der Waals surface area contributed by atoms with E-state index >= 15 is 0 Å². The van der Waals surface area contributed by atoms with Crippen LogP contribution >= 0.6 is 0 Å². The molecule has 1 aliphatic rings. The standard InChI is InChI=1S/C17H22N2O2/c1-3-17(4-2,13-8-6-5-7-9-13)16-18-15(21-19-16)12-10-14(20)11-12/h5-9,12,14,20H,3-4,10-11H2,1-2H3. The Bertz CT molecular complexity index is 584. The van der Waals surface area contributed by atoms with Crippen LogP contribution < -0.4 is 0 Å². The van der Waals surface area contributed by atoms with Gasteiger partial charge >= 0.3 is 0 Å². The monoisotopic (exact) mass is 286 g/mol. The van der Waals surface area contributed by atoms with Gasteiger partial charge in [-0.15, -0.1) is 0 Å². The summed E-state index contributed by atoms with van der Waals surface area (Å²) in [5.74, 6) is 1.68. The third kappa shape index (κ3) is 2.38. The van der Waals surface area contributed by atoms with Crippen molar-refractivity contribution in [1.29, 1.82) is 0 Å². The van der Waals surface area contributed by atoms with Gasteiger partial charge in [0.1, 0.15) is 0 Å². The minimum Gasteiger partial charge on any atom is -0.393 e. The van der Waals surface area contributed by atoms with Crippen LogP contribution in [0.5, 0.6) is 0 Å². The average molecular weight is 286 g/mol. The molecule has 4 heteroatoms. The molecule has 1 heterocycles. The van der Waals surface area contributed by atoms with Gasteiger partial charge in [-0.1, -0.05) is 49.3 Å². The molecular formula is C17H22N2O2. The quantitative estimate of drug-likeness (QED) is 0.915. The summed E-state index contributed by atoms with van der Waals surface area (Å²) in [5, 5.41) is 13.7. The first-order chi connectivity index (χ1) is 10.2. The van der Waals surface area contributed by atoms with Crippen LogP contribution in [0.25, 0.3) is 0 Å². The lowest BCUT2D eigenvalue weighted by molar-refractivity contribution is 0.0624. The van der Waals surface area contributed by atoms with Crippen LogP contribution in [0.4, 0.5) is 0 Å². The first-order valence-corrected chi connectivity index (χ1v) is 7.77. The normalized spacial score (nSPS) is 22.0. The zero-order valence-corrected chi connectivity index (χ0v) is 12.6. The summed E-state index contributed by atoms with van der Waals surface area (Å²) < 4.78 is 5.48. The van der Waals surface area contributed by atoms with Crippen molar-refractivity contribution in [3.8, 4) is 0 Å². The van der Waals surface area contributed by atoms with Gasteiger partial charge in [0.2, 0.25) is 5.89 Å². The summed E-state index contributed by atoms with van der Waals surface area (Å²) in [6.45, 7) is 4.33. The molecule has 21 heavy (non-hydrogen) atoms. The molecule has 2 aromatic rings. The van der Waals surface area contributed by atoms with Crippen LogP contribution in [-0.2, 0) is 5.41 Å². The van der Waals surface area contributed by atoms with Crippen molar-refractivity contribution in [3.63, 3.8) is 0 Å². The molecule has 1 N–H and O–H groups in total. The van der Waals surface area contributed by atoms with Gasteiger partial charge in [-0.25, -0.2) is 0 Å². The molecular weight excluding hydrogens is 264 g/mol. The highest BCUT2D eigenvalue weighted by molar-refractivity contribution is 5.32. The number of benzene rings is 1. The second-order valence-corrected chi connectivity index (χ2v) is 5.93. The Labute approximate surface area is 125 Å². The first-order valence-electron chi connectivity index (χ1n) is 7.77. The first kappa shape index (κ1) is 14.3. The average Bonchev–Trinajstić information content (AvgIpc) is 2.97. The van der Waals surface area contributed by atoms with E-state index in [-0.39, 0.29) is 17.4 Å². The number of aliphatic hydroxyl groups is 1. The van der Waals surface area contributed by atoms with Gasteiger partial charge in [-0.2, -0.15) is 4.98 Å². The van der Waals surface area contributed by atoms with Crippen molar-refractivity contribution in [2.24, 2.45) is 0 Å². The van der Waals surface area contributed by atoms with Gasteiger partial charge in [0, 0.05) is 5.92 Å². The third-order valence-corrected chi connectivity index (χ3v) is 4.87. The van der Waals surface area contributed by atoms with Crippen molar-refractivity contribution in [3.05, 3.63) is 47.6 Å². The lowest BCUT2D eigenvalue weighted by Crippen LogP contribution is -2.29. The minimum atomic E-state index is -0.207. The van der Waals surface area contributed by atoms with Crippen molar-refractivity contribution < 1.29 is 9.63 Å². The van der Waals surface area contributed by atoms with E-state index in [0.29, 0.717) is 5.89 Å². The third-order valence-electron chi connectivity index (χ3n) is 4.87. The molecule has 4 nitrogen and oxygen atoms in total. The van der Waals surface area contributed by atoms with Crippen LogP contribution in [-0.4, -0.2) is 21.4 Å². The summed E-state index contributed by atoms with van der Waals surface area (Å²) in [6.07, 6.45) is 3.12. The SMILES string of the molecule is CCC(CC)(c1ccccc1)c1noc(C2CC(O)C2)n1. The number of rotatable bonds is 5. The van der Waals surface area contributed by atoms with E-state index in [2.05, 4.69) is 48.3 Å². The summed E-state index contributed by atoms with van der Waals surface area (Å²) in [4.78, 5) is 4.67. The fourth-order valence-corrected chi connectivity index (χ4v) is 3.25. The molecule has 112 valence electrons. The highest BCUT2D eigenvalue weighted by atomic mass is 16.5. The Kier molecular flexibility index (Phi) is 3.81. The molecule has 1 aromatic carbocycles. The lowest BCUT2D eigenvalue weighted by Gasteiger charge is -2.29. The Balaban J connectivity index is 1.94. The fourth-order valence-electron chi connectivity index (χ4n) is 3.25. The van der Waals surface area contributed by atoms with E-state index in [1.807, 2.05) is 6.07 Å². The topological polar surface area (TPSA) is 59.2 Å². The zero-order valence-electron chi connectivity index (χ0n) is 12.6. The van der Waals surface area contributed by atoms with E-state index < -0.39 is 0 Å². The second-order valence-electron chi connectivity index (χ2n) is 5.93. The van der Waals surface area contributed by atoms with Crippen LogP contribution in [0, 0.1) is 0 Å². The Morgan fingerprint density at radius 1 is 1.19 bits per heavy atom. The van der Waals surface area contributed by atoms with Gasteiger partial charge in [0.05, 0.1) is 11.5 Å². The highest BCUT2D eigenvalue weighted by Crippen LogP contribution is 2.40. The van der Waals surface area contributed by atoms with Gasteiger partial charge in [-0.05, 0) is 31.2 Å². The summed E-state index contributed by atoms with van der Waals surface area (Å²) in [5.41, 5.74) is 1.04. The van der Waals surface area contributed by atoms with Crippen LogP contribution in [0.3, 0.4) is 0 Å². The predicted octanol–water partition coefficient (Wildman–Crippen LogP) is 3.41. The molecule has 0 unspecified atom stereocenters. The largest absolute Gasteiger partial charge is 0.393 e. The molecule has 1 aromatic heterocycles. The van der Waals surface area contributed by atoms with Crippen LogP contribution in [0.15, 0.2) is 34.9 Å². The minimum absolute atomic E-state index is 0.189. The molecule has 0 radical (unpaired) electrons. The summed E-state index contributed by atoms with van der Waals surface area (Å²) in [7, 11) is 0. The van der Waals surface area contributed by atoms with Crippen LogP contribution in [0.2, 0.25) is 0 Å². The van der Waals surface area contributed by atoms with Gasteiger partial charge in [0.15, 0.2) is 5.82 Å². The Morgan fingerprint density at radius 3 is 2.43 bits per heavy atom. The number of hydrogen-bond donors (Lipinski definition) is 1. The number of aliphatic hydroxyl groups excluding tert-OH is 1. The molecule has 3 rings (SSSR count). The molecule has 0 amide bonds. The molecule has 0 atom stereocenters. The number of nitrogens with zero attached hydrogens (tertiary/aromatic N) is 2. The molecule has 0 saturated heterocycles. The number of aromatic nitrogens is 2. The van der Waals surface area contributed by atoms with E-state index in [1.54, 1.807) is 0 Å². The lowest BCUT2D eigenvalue weighted by atomic mass is 9.75. The molecule has 1 saturated carbocycles. The molecule has 1 fully saturated rings. The zero-order chi connectivity index (χ0) is 14.9. The molecule has 0 spiro atoms. The van der Waals surface area contributed by atoms with Gasteiger partial charge < -0.3 is 9.63 Å². The maximum absolute atomic E-state index is 9.43. The highest BCUT2D eigenvalue weighted by Gasteiger charge is 2.38. The van der Waals surface area contributed by atoms with Crippen molar-refractivity contribution in [2.75, 3.05) is 0 Å². The van der Waals surface area contributed by atoms with Crippen molar-refractivity contribution in [2.45, 2.75) is 57.0 Å². The maximum Gasteiger partial charge on any atom is 0.229 e. The predicted molar refractivity (Wildman–Crippen MR) is 80.1 cm³/mol. The Hall–Kier alpha value is -1.68.